The van der Waals surface area contributed by atoms with Crippen molar-refractivity contribution in [2.45, 2.75) is 12.0 Å². The number of benzene rings is 1. The Morgan fingerprint density at radius 3 is 2.57 bits per heavy atom. The van der Waals surface area contributed by atoms with Crippen LogP contribution in [0.5, 0.6) is 0 Å². The average molecular weight is 206 g/mol. The highest BCUT2D eigenvalue weighted by molar-refractivity contribution is 7.81. The zero-order valence-corrected chi connectivity index (χ0v) is 8.57. The molecule has 0 aliphatic carbocycles. The molecule has 0 radical (unpaired) electrons. The number of nitrogens with zero attached hydrogens (tertiary/aromatic N) is 3. The zero-order valence-electron chi connectivity index (χ0n) is 7.68. The third-order valence-electron chi connectivity index (χ3n) is 1.74. The summed E-state index contributed by atoms with van der Waals surface area (Å²) < 4.78 is 0. The predicted octanol–water partition coefficient (Wildman–Crippen LogP) is 2.52. The molecule has 1 heterocycles. The van der Waals surface area contributed by atoms with E-state index < -0.39 is 5.12 Å². The molecule has 1 aromatic carbocycles. The maximum atomic E-state index is 4.29. The van der Waals surface area contributed by atoms with Gasteiger partial charge in [0.15, 0.2) is 0 Å². The molecule has 4 nitrogen and oxygen atoms in total. The van der Waals surface area contributed by atoms with Gasteiger partial charge in [0.2, 0.25) is 0 Å². The van der Waals surface area contributed by atoms with Crippen molar-refractivity contribution in [3.8, 4) is 0 Å². The van der Waals surface area contributed by atoms with Gasteiger partial charge in [-0.15, -0.1) is 22.9 Å². The molecule has 1 aromatic rings. The summed E-state index contributed by atoms with van der Waals surface area (Å²) in [5.41, 5.74) is 0.917. The topological polar surface area (TPSA) is 49.1 Å². The molecule has 72 valence electrons. The third-order valence-corrected chi connectivity index (χ3v) is 2.04. The van der Waals surface area contributed by atoms with E-state index in [0.717, 1.165) is 5.69 Å². The van der Waals surface area contributed by atoms with E-state index in [1.807, 2.05) is 30.3 Å². The Kier molecular flexibility index (Phi) is 2.25. The molecule has 5 heteroatoms. The largest absolute Gasteiger partial charge is 0.333 e. The second kappa shape index (κ2) is 3.42. The van der Waals surface area contributed by atoms with Gasteiger partial charge in [-0.1, -0.05) is 18.2 Å². The van der Waals surface area contributed by atoms with Gasteiger partial charge < -0.3 is 5.32 Å². The number of amidine groups is 1. The van der Waals surface area contributed by atoms with Crippen molar-refractivity contribution >= 4 is 24.2 Å². The average Bonchev–Trinajstić information content (AvgIpc) is 2.47. The van der Waals surface area contributed by atoms with Gasteiger partial charge in [0, 0.05) is 5.69 Å². The Morgan fingerprint density at radius 1 is 1.29 bits per heavy atom. The molecule has 0 saturated heterocycles. The molecule has 1 aliphatic rings. The Hall–Kier alpha value is -1.36. The van der Waals surface area contributed by atoms with E-state index in [2.05, 4.69) is 33.2 Å². The third kappa shape index (κ3) is 1.93. The van der Waals surface area contributed by atoms with Gasteiger partial charge in [0.05, 0.1) is 0 Å². The first-order valence-electron chi connectivity index (χ1n) is 4.23. The first kappa shape index (κ1) is 9.21. The molecule has 14 heavy (non-hydrogen) atoms. The molecular formula is C9H10N4S. The van der Waals surface area contributed by atoms with Crippen LogP contribution in [-0.4, -0.2) is 11.0 Å². The van der Waals surface area contributed by atoms with E-state index in [1.54, 1.807) is 6.92 Å². The minimum atomic E-state index is -0.939. The summed E-state index contributed by atoms with van der Waals surface area (Å²) in [6.07, 6.45) is 0. The van der Waals surface area contributed by atoms with E-state index in [9.17, 15) is 0 Å². The molecule has 1 N–H and O–H groups in total. The molecule has 0 spiro atoms. The van der Waals surface area contributed by atoms with Gasteiger partial charge in [-0.3, -0.25) is 0 Å². The van der Waals surface area contributed by atoms with Crippen molar-refractivity contribution in [1.82, 2.24) is 0 Å². The monoisotopic (exact) mass is 206 g/mol. The Bertz CT molecular complexity index is 387. The minimum Gasteiger partial charge on any atom is -0.333 e. The van der Waals surface area contributed by atoms with Crippen molar-refractivity contribution in [2.24, 2.45) is 15.2 Å². The Labute approximate surface area is 87.6 Å². The second-order valence-corrected chi connectivity index (χ2v) is 3.61. The minimum absolute atomic E-state index is 0.628. The molecule has 1 atom stereocenters. The maximum absolute atomic E-state index is 4.29. The lowest BCUT2D eigenvalue weighted by molar-refractivity contribution is 0.742. The highest BCUT2D eigenvalue weighted by atomic mass is 32.1. The fraction of sp³-hybridized carbons (Fsp3) is 0.222. The SMILES string of the molecule is CC1=NC(S)(Nc2ccccc2)N=N1. The van der Waals surface area contributed by atoms with Crippen molar-refractivity contribution in [2.75, 3.05) is 5.32 Å². The van der Waals surface area contributed by atoms with Crippen LogP contribution in [0.2, 0.25) is 0 Å². The Morgan fingerprint density at radius 2 is 2.00 bits per heavy atom. The molecule has 2 rings (SSSR count). The van der Waals surface area contributed by atoms with Crippen LogP contribution in [0, 0.1) is 0 Å². The van der Waals surface area contributed by atoms with Crippen molar-refractivity contribution in [3.05, 3.63) is 30.3 Å². The highest BCUT2D eigenvalue weighted by Crippen LogP contribution is 2.26. The van der Waals surface area contributed by atoms with Crippen LogP contribution < -0.4 is 5.32 Å². The van der Waals surface area contributed by atoms with E-state index >= 15 is 0 Å². The molecule has 0 amide bonds. The number of hydrogen-bond donors (Lipinski definition) is 2. The fourth-order valence-corrected chi connectivity index (χ4v) is 1.50. The summed E-state index contributed by atoms with van der Waals surface area (Å²) in [6.45, 7) is 1.79. The quantitative estimate of drug-likeness (QED) is 0.567. The summed E-state index contributed by atoms with van der Waals surface area (Å²) in [6, 6.07) is 9.67. The van der Waals surface area contributed by atoms with Crippen LogP contribution in [0.4, 0.5) is 5.69 Å². The van der Waals surface area contributed by atoms with Crippen LogP contribution in [-0.2, 0) is 0 Å². The number of anilines is 1. The summed E-state index contributed by atoms with van der Waals surface area (Å²) in [5.74, 6) is 0.628. The molecule has 0 fully saturated rings. The van der Waals surface area contributed by atoms with E-state index in [-0.39, 0.29) is 0 Å². The number of para-hydroxylation sites is 1. The smallest absolute Gasteiger partial charge is 0.293 e. The maximum Gasteiger partial charge on any atom is 0.293 e. The normalized spacial score (nSPS) is 24.9. The number of aliphatic imine (C=N–C) groups is 1. The van der Waals surface area contributed by atoms with Crippen LogP contribution >= 0.6 is 12.6 Å². The standard InChI is InChI=1S/C9H10N4S/c1-7-10-9(14,13-12-7)11-8-5-3-2-4-6-8/h2-6,11,14H,1H3. The lowest BCUT2D eigenvalue weighted by Gasteiger charge is -2.17. The number of hydrogen-bond acceptors (Lipinski definition) is 5. The molecule has 0 saturated carbocycles. The summed E-state index contributed by atoms with van der Waals surface area (Å²) in [4.78, 5) is 4.15. The number of nitrogens with one attached hydrogen (secondary N) is 1. The number of thiol groups is 1. The number of azo groups is 1. The first-order valence-corrected chi connectivity index (χ1v) is 4.68. The first-order chi connectivity index (χ1) is 6.68. The highest BCUT2D eigenvalue weighted by Gasteiger charge is 2.27. The summed E-state index contributed by atoms with van der Waals surface area (Å²) >= 11 is 4.29. The van der Waals surface area contributed by atoms with Gasteiger partial charge in [-0.25, -0.2) is 4.99 Å². The van der Waals surface area contributed by atoms with E-state index in [1.165, 1.54) is 0 Å². The van der Waals surface area contributed by atoms with Crippen molar-refractivity contribution < 1.29 is 0 Å². The molecule has 1 aliphatic heterocycles. The molecule has 0 aromatic heterocycles. The van der Waals surface area contributed by atoms with Gasteiger partial charge in [-0.05, 0) is 19.1 Å². The summed E-state index contributed by atoms with van der Waals surface area (Å²) in [5, 5.41) is 9.86. The second-order valence-electron chi connectivity index (χ2n) is 2.99. The summed E-state index contributed by atoms with van der Waals surface area (Å²) in [7, 11) is 0. The molecular weight excluding hydrogens is 196 g/mol. The van der Waals surface area contributed by atoms with Crippen molar-refractivity contribution in [1.29, 1.82) is 0 Å². The van der Waals surface area contributed by atoms with Gasteiger partial charge in [0.1, 0.15) is 5.84 Å². The van der Waals surface area contributed by atoms with Crippen LogP contribution in [0.15, 0.2) is 45.6 Å². The zero-order chi connectivity index (χ0) is 10.0. The fourth-order valence-electron chi connectivity index (χ4n) is 1.18. The van der Waals surface area contributed by atoms with Crippen LogP contribution in [0.1, 0.15) is 6.92 Å². The van der Waals surface area contributed by atoms with Crippen LogP contribution in [0.25, 0.3) is 0 Å². The molecule has 1 unspecified atom stereocenters. The Balaban J connectivity index is 2.17. The predicted molar refractivity (Wildman–Crippen MR) is 59.7 cm³/mol. The van der Waals surface area contributed by atoms with E-state index in [4.69, 9.17) is 0 Å². The van der Waals surface area contributed by atoms with Gasteiger partial charge in [-0.2, -0.15) is 0 Å². The van der Waals surface area contributed by atoms with Crippen molar-refractivity contribution in [3.63, 3.8) is 0 Å². The van der Waals surface area contributed by atoms with Crippen LogP contribution in [0.3, 0.4) is 0 Å². The molecule has 0 bridgehead atoms. The number of rotatable bonds is 2. The van der Waals surface area contributed by atoms with Gasteiger partial charge >= 0.3 is 0 Å². The van der Waals surface area contributed by atoms with E-state index in [0.29, 0.717) is 5.84 Å². The van der Waals surface area contributed by atoms with Gasteiger partial charge in [0.25, 0.3) is 5.12 Å². The lowest BCUT2D eigenvalue weighted by atomic mass is 10.3. The lowest BCUT2D eigenvalue weighted by Crippen LogP contribution is -2.24.